The minimum absolute atomic E-state index is 0.0597. The van der Waals surface area contributed by atoms with E-state index in [1.807, 2.05) is 12.1 Å². The van der Waals surface area contributed by atoms with Gasteiger partial charge in [-0.05, 0) is 94.7 Å². The smallest absolute Gasteiger partial charge is 0.339 e. The summed E-state index contributed by atoms with van der Waals surface area (Å²) in [6.07, 6.45) is 6.61. The number of nitrogens with zero attached hydrogens (tertiary/aromatic N) is 1. The molecular formula is C33H47NO9. The van der Waals surface area contributed by atoms with Gasteiger partial charge in [0, 0.05) is 6.54 Å². The molecule has 0 saturated carbocycles. The molecule has 0 bridgehead atoms. The predicted octanol–water partition coefficient (Wildman–Crippen LogP) is 4.14. The molecule has 0 amide bonds. The summed E-state index contributed by atoms with van der Waals surface area (Å²) in [7, 11) is 1.57. The fraction of sp³-hybridized carbons (Fsp3) is 0.697. The number of hydrogen-bond donors (Lipinski definition) is 2. The van der Waals surface area contributed by atoms with E-state index in [-0.39, 0.29) is 25.7 Å². The van der Waals surface area contributed by atoms with Gasteiger partial charge < -0.3 is 33.9 Å². The molecular weight excluding hydrogens is 554 g/mol. The van der Waals surface area contributed by atoms with Crippen molar-refractivity contribution in [3.8, 4) is 11.5 Å². The lowest BCUT2D eigenvalue weighted by molar-refractivity contribution is -0.179. The maximum absolute atomic E-state index is 14.0. The van der Waals surface area contributed by atoms with Gasteiger partial charge >= 0.3 is 11.9 Å². The molecule has 4 aliphatic rings. The maximum atomic E-state index is 14.0. The summed E-state index contributed by atoms with van der Waals surface area (Å²) >= 11 is 0. The average Bonchev–Trinajstić information content (AvgIpc) is 3.64. The molecule has 1 unspecified atom stereocenters. The van der Waals surface area contributed by atoms with Crippen LogP contribution in [0.15, 0.2) is 24.0 Å². The van der Waals surface area contributed by atoms with Crippen LogP contribution in [0.4, 0.5) is 0 Å². The molecule has 4 atom stereocenters. The Kier molecular flexibility index (Phi) is 9.30. The van der Waals surface area contributed by atoms with Crippen LogP contribution in [0.1, 0.15) is 95.6 Å². The number of aliphatic hydroxyl groups is 2. The highest BCUT2D eigenvalue weighted by molar-refractivity contribution is 5.86. The summed E-state index contributed by atoms with van der Waals surface area (Å²) < 4.78 is 28.9. The largest absolute Gasteiger partial charge is 0.497 e. The zero-order valence-corrected chi connectivity index (χ0v) is 26.0. The molecule has 10 heteroatoms. The number of fused-ring (bicyclic) bond motifs is 3. The van der Waals surface area contributed by atoms with E-state index in [4.69, 9.17) is 23.7 Å². The number of carbonyl (C=O) groups excluding carboxylic acids is 2. The molecule has 238 valence electrons. The first-order valence-corrected chi connectivity index (χ1v) is 15.8. The third-order valence-electron chi connectivity index (χ3n) is 9.40. The Hall–Kier alpha value is -2.82. The second-order valence-electron chi connectivity index (χ2n) is 13.1. The van der Waals surface area contributed by atoms with Crippen molar-refractivity contribution in [3.05, 3.63) is 35.1 Å². The number of ether oxygens (including phenoxy) is 5. The summed E-state index contributed by atoms with van der Waals surface area (Å²) in [6.45, 7) is 7.53. The standard InChI is InChI=1S/C33H47NO9/c1-5-6-7-16-40-27(35)20-33(38,13-8-11-31(2,3)37)30(36)43-29-26(39-4)19-32-12-9-14-34(32)15-10-22-17-24-25(42-21-41-24)18-23(22)28(29)32/h17-19,28-29,37-38H,5-16,20-21H2,1-4H3/t28-,29?,32+,33-/m1/s1. The summed E-state index contributed by atoms with van der Waals surface area (Å²) in [5.41, 5.74) is -1.43. The maximum Gasteiger partial charge on any atom is 0.339 e. The van der Waals surface area contributed by atoms with E-state index >= 15 is 0 Å². The Morgan fingerprint density at radius 2 is 1.86 bits per heavy atom. The lowest BCUT2D eigenvalue weighted by Crippen LogP contribution is -2.49. The van der Waals surface area contributed by atoms with E-state index in [9.17, 15) is 19.8 Å². The molecule has 3 heterocycles. The molecule has 5 rings (SSSR count). The van der Waals surface area contributed by atoms with E-state index in [2.05, 4.69) is 17.9 Å². The van der Waals surface area contributed by atoms with Crippen molar-refractivity contribution in [1.82, 2.24) is 4.90 Å². The van der Waals surface area contributed by atoms with Crippen molar-refractivity contribution >= 4 is 11.9 Å². The van der Waals surface area contributed by atoms with Gasteiger partial charge in [-0.15, -0.1) is 0 Å². The molecule has 0 aromatic heterocycles. The summed E-state index contributed by atoms with van der Waals surface area (Å²) in [6, 6.07) is 4.03. The number of methoxy groups -OCH3 is 1. The minimum Gasteiger partial charge on any atom is -0.497 e. The second kappa shape index (κ2) is 12.7. The van der Waals surface area contributed by atoms with Gasteiger partial charge in [-0.25, -0.2) is 4.79 Å². The molecule has 1 aromatic rings. The van der Waals surface area contributed by atoms with Gasteiger partial charge in [-0.1, -0.05) is 19.8 Å². The zero-order valence-electron chi connectivity index (χ0n) is 26.0. The number of unbranched alkanes of at least 4 members (excludes halogenated alkanes) is 2. The summed E-state index contributed by atoms with van der Waals surface area (Å²) in [4.78, 5) is 29.3. The van der Waals surface area contributed by atoms with Gasteiger partial charge in [0.25, 0.3) is 0 Å². The van der Waals surface area contributed by atoms with Crippen molar-refractivity contribution in [2.75, 3.05) is 33.6 Å². The van der Waals surface area contributed by atoms with Crippen LogP contribution in [0, 0.1) is 0 Å². The highest BCUT2D eigenvalue weighted by atomic mass is 16.7. The van der Waals surface area contributed by atoms with Gasteiger partial charge in [-0.3, -0.25) is 9.69 Å². The molecule has 3 aliphatic heterocycles. The van der Waals surface area contributed by atoms with E-state index in [0.717, 1.165) is 56.3 Å². The van der Waals surface area contributed by atoms with Crippen molar-refractivity contribution in [2.45, 2.75) is 114 Å². The summed E-state index contributed by atoms with van der Waals surface area (Å²) in [5, 5.41) is 22.0. The third kappa shape index (κ3) is 6.51. The molecule has 1 spiro atoms. The zero-order chi connectivity index (χ0) is 30.8. The Balaban J connectivity index is 1.44. The fourth-order valence-corrected chi connectivity index (χ4v) is 7.22. The normalized spacial score (nSPS) is 25.6. The quantitative estimate of drug-likeness (QED) is 0.252. The Labute approximate surface area is 254 Å². The van der Waals surface area contributed by atoms with Crippen molar-refractivity contribution in [3.63, 3.8) is 0 Å². The van der Waals surface area contributed by atoms with Crippen molar-refractivity contribution < 1.29 is 43.5 Å². The lowest BCUT2D eigenvalue weighted by Gasteiger charge is -2.39. The van der Waals surface area contributed by atoms with E-state index in [1.54, 1.807) is 21.0 Å². The number of esters is 2. The minimum atomic E-state index is -2.13. The van der Waals surface area contributed by atoms with Crippen LogP contribution in [0.3, 0.4) is 0 Å². The Morgan fingerprint density at radius 1 is 1.09 bits per heavy atom. The number of carbonyl (C=O) groups is 2. The van der Waals surface area contributed by atoms with E-state index in [1.165, 1.54) is 0 Å². The molecule has 1 aromatic carbocycles. The number of benzene rings is 1. The first-order valence-electron chi connectivity index (χ1n) is 15.8. The number of hydrogen-bond acceptors (Lipinski definition) is 10. The van der Waals surface area contributed by atoms with Crippen LogP contribution in [-0.2, 0) is 30.2 Å². The molecule has 2 N–H and O–H groups in total. The number of rotatable bonds is 13. The lowest BCUT2D eigenvalue weighted by atomic mass is 9.77. The van der Waals surface area contributed by atoms with E-state index < -0.39 is 41.2 Å². The molecule has 1 saturated heterocycles. The van der Waals surface area contributed by atoms with Crippen LogP contribution in [0.25, 0.3) is 0 Å². The molecule has 1 aliphatic carbocycles. The SMILES string of the molecule is CCCCCOC(=O)C[C@](O)(CCCC(C)(C)O)C(=O)OC1C(OC)=C[C@]23CCCN2CCc2cc4c(cc2[C@H]13)OCO4. The van der Waals surface area contributed by atoms with Gasteiger partial charge in [0.2, 0.25) is 6.79 Å². The first kappa shape index (κ1) is 31.6. The van der Waals surface area contributed by atoms with Gasteiger partial charge in [-0.2, -0.15) is 0 Å². The topological polar surface area (TPSA) is 124 Å². The van der Waals surface area contributed by atoms with Crippen molar-refractivity contribution in [1.29, 1.82) is 0 Å². The molecule has 43 heavy (non-hydrogen) atoms. The summed E-state index contributed by atoms with van der Waals surface area (Å²) in [5.74, 6) is 0.0398. The van der Waals surface area contributed by atoms with E-state index in [0.29, 0.717) is 36.5 Å². The average molecular weight is 602 g/mol. The molecule has 10 nitrogen and oxygen atoms in total. The van der Waals surface area contributed by atoms with Crippen molar-refractivity contribution in [2.24, 2.45) is 0 Å². The Morgan fingerprint density at radius 3 is 2.58 bits per heavy atom. The van der Waals surface area contributed by atoms with Gasteiger partial charge in [0.15, 0.2) is 23.2 Å². The molecule has 1 fully saturated rings. The predicted molar refractivity (Wildman–Crippen MR) is 158 cm³/mol. The second-order valence-corrected chi connectivity index (χ2v) is 13.1. The van der Waals surface area contributed by atoms with Crippen LogP contribution >= 0.6 is 0 Å². The van der Waals surface area contributed by atoms with Gasteiger partial charge in [0.05, 0.1) is 37.2 Å². The van der Waals surface area contributed by atoms with Crippen LogP contribution in [0.2, 0.25) is 0 Å². The highest BCUT2D eigenvalue weighted by Crippen LogP contribution is 2.55. The third-order valence-corrected chi connectivity index (χ3v) is 9.40. The fourth-order valence-electron chi connectivity index (χ4n) is 7.22. The monoisotopic (exact) mass is 601 g/mol. The van der Waals surface area contributed by atoms with Gasteiger partial charge in [0.1, 0.15) is 5.76 Å². The van der Waals surface area contributed by atoms with Crippen LogP contribution < -0.4 is 9.47 Å². The molecule has 0 radical (unpaired) electrons. The van der Waals surface area contributed by atoms with Crippen LogP contribution in [0.5, 0.6) is 11.5 Å². The highest BCUT2D eigenvalue weighted by Gasteiger charge is 2.59. The first-order chi connectivity index (χ1) is 20.5. The Bertz CT molecular complexity index is 1220. The van der Waals surface area contributed by atoms with Crippen LogP contribution in [-0.4, -0.2) is 83.5 Å².